The Morgan fingerprint density at radius 2 is 1.61 bits per heavy atom. The molecule has 0 saturated heterocycles. The maximum atomic E-state index is 11.8. The summed E-state index contributed by atoms with van der Waals surface area (Å²) in [7, 11) is -3.71. The van der Waals surface area contributed by atoms with E-state index in [1.54, 1.807) is 32.9 Å². The monoisotopic (exact) mass is 270 g/mol. The van der Waals surface area contributed by atoms with E-state index in [0.29, 0.717) is 0 Å². The van der Waals surface area contributed by atoms with Crippen LogP contribution in [-0.2, 0) is 14.8 Å². The lowest BCUT2D eigenvalue weighted by molar-refractivity contribution is -0.129. The number of amides is 1. The van der Waals surface area contributed by atoms with Crippen LogP contribution in [0.15, 0.2) is 29.2 Å². The highest BCUT2D eigenvalue weighted by Crippen LogP contribution is 2.13. The molecule has 0 saturated carbocycles. The molecule has 2 N–H and O–H groups in total. The Labute approximate surface area is 108 Å². The number of hydrogen-bond acceptors (Lipinski definition) is 3. The highest BCUT2D eigenvalue weighted by molar-refractivity contribution is 7.89. The van der Waals surface area contributed by atoms with E-state index in [1.807, 2.05) is 6.92 Å². The number of hydrazine groups is 1. The van der Waals surface area contributed by atoms with Gasteiger partial charge in [-0.3, -0.25) is 10.2 Å². The first-order chi connectivity index (χ1) is 8.13. The highest BCUT2D eigenvalue weighted by atomic mass is 32.2. The second-order valence-corrected chi connectivity index (χ2v) is 6.81. The van der Waals surface area contributed by atoms with E-state index >= 15 is 0 Å². The molecule has 0 aliphatic rings. The zero-order valence-electron chi connectivity index (χ0n) is 10.9. The van der Waals surface area contributed by atoms with Crippen molar-refractivity contribution in [1.29, 1.82) is 0 Å². The number of rotatable bonds is 3. The molecule has 0 atom stereocenters. The van der Waals surface area contributed by atoms with Gasteiger partial charge < -0.3 is 0 Å². The van der Waals surface area contributed by atoms with Crippen molar-refractivity contribution in [2.24, 2.45) is 5.41 Å². The van der Waals surface area contributed by atoms with Crippen LogP contribution in [0.2, 0.25) is 0 Å². The normalized spacial score (nSPS) is 12.2. The minimum Gasteiger partial charge on any atom is -0.277 e. The van der Waals surface area contributed by atoms with Crippen molar-refractivity contribution < 1.29 is 13.2 Å². The number of hydrogen-bond donors (Lipinski definition) is 2. The van der Waals surface area contributed by atoms with Gasteiger partial charge in [0.25, 0.3) is 10.0 Å². The Balaban J connectivity index is 2.78. The molecular weight excluding hydrogens is 252 g/mol. The van der Waals surface area contributed by atoms with Crippen LogP contribution in [0, 0.1) is 12.3 Å². The first-order valence-corrected chi connectivity index (χ1v) is 7.00. The minimum atomic E-state index is -3.71. The molecule has 100 valence electrons. The number of nitrogens with one attached hydrogen (secondary N) is 2. The lowest BCUT2D eigenvalue weighted by Gasteiger charge is -2.18. The number of carbonyl (C=O) groups excluding carboxylic acids is 1. The zero-order chi connectivity index (χ0) is 14.0. The van der Waals surface area contributed by atoms with Crippen molar-refractivity contribution in [2.45, 2.75) is 32.6 Å². The van der Waals surface area contributed by atoms with Gasteiger partial charge >= 0.3 is 0 Å². The Bertz CT molecular complexity index is 527. The molecule has 1 rings (SSSR count). The SMILES string of the molecule is Cc1ccc(S(=O)(=O)NNC(=O)C(C)(C)C)cc1. The predicted octanol–water partition coefficient (Wildman–Crippen LogP) is 1.35. The lowest BCUT2D eigenvalue weighted by atomic mass is 9.96. The van der Waals surface area contributed by atoms with Gasteiger partial charge in [0.15, 0.2) is 0 Å². The highest BCUT2D eigenvalue weighted by Gasteiger charge is 2.23. The molecule has 1 amide bonds. The van der Waals surface area contributed by atoms with E-state index in [4.69, 9.17) is 0 Å². The summed E-state index contributed by atoms with van der Waals surface area (Å²) in [5.41, 5.74) is 2.51. The molecule has 1 aromatic rings. The fourth-order valence-electron chi connectivity index (χ4n) is 1.08. The number of benzene rings is 1. The third-order valence-electron chi connectivity index (χ3n) is 2.31. The largest absolute Gasteiger partial charge is 0.277 e. The van der Waals surface area contributed by atoms with Gasteiger partial charge in [0, 0.05) is 5.41 Å². The smallest absolute Gasteiger partial charge is 0.257 e. The molecule has 0 fully saturated rings. The van der Waals surface area contributed by atoms with Crippen molar-refractivity contribution in [1.82, 2.24) is 10.3 Å². The third kappa shape index (κ3) is 3.82. The second kappa shape index (κ2) is 5.07. The van der Waals surface area contributed by atoms with Crippen molar-refractivity contribution in [3.8, 4) is 0 Å². The molecule has 5 nitrogen and oxygen atoms in total. The van der Waals surface area contributed by atoms with Crippen LogP contribution in [0.1, 0.15) is 26.3 Å². The fraction of sp³-hybridized carbons (Fsp3) is 0.417. The Hall–Kier alpha value is -1.40. The molecule has 0 aromatic heterocycles. The van der Waals surface area contributed by atoms with E-state index < -0.39 is 21.3 Å². The first-order valence-electron chi connectivity index (χ1n) is 5.52. The third-order valence-corrected chi connectivity index (χ3v) is 3.57. The van der Waals surface area contributed by atoms with Gasteiger partial charge in [0.1, 0.15) is 0 Å². The molecule has 6 heteroatoms. The van der Waals surface area contributed by atoms with Gasteiger partial charge in [-0.1, -0.05) is 38.5 Å². The molecule has 0 bridgehead atoms. The van der Waals surface area contributed by atoms with E-state index in [1.165, 1.54) is 12.1 Å². The summed E-state index contributed by atoms with van der Waals surface area (Å²) in [6, 6.07) is 6.36. The quantitative estimate of drug-likeness (QED) is 0.814. The lowest BCUT2D eigenvalue weighted by Crippen LogP contribution is -2.46. The van der Waals surface area contributed by atoms with Crippen LogP contribution >= 0.6 is 0 Å². The summed E-state index contributed by atoms with van der Waals surface area (Å²) in [5, 5.41) is 0. The van der Waals surface area contributed by atoms with Crippen LogP contribution in [0.4, 0.5) is 0 Å². The van der Waals surface area contributed by atoms with E-state index in [-0.39, 0.29) is 4.90 Å². The van der Waals surface area contributed by atoms with Crippen LogP contribution in [0.25, 0.3) is 0 Å². The average molecular weight is 270 g/mol. The van der Waals surface area contributed by atoms with Crippen molar-refractivity contribution in [3.05, 3.63) is 29.8 Å². The molecule has 1 aromatic carbocycles. The Kier molecular flexibility index (Phi) is 4.13. The van der Waals surface area contributed by atoms with Gasteiger partial charge in [-0.05, 0) is 19.1 Å². The minimum absolute atomic E-state index is 0.113. The van der Waals surface area contributed by atoms with E-state index in [2.05, 4.69) is 10.3 Å². The molecule has 0 radical (unpaired) electrons. The fourth-order valence-corrected chi connectivity index (χ4v) is 1.92. The molecular formula is C12H18N2O3S. The molecule has 0 unspecified atom stereocenters. The van der Waals surface area contributed by atoms with E-state index in [0.717, 1.165) is 5.56 Å². The molecule has 18 heavy (non-hydrogen) atoms. The molecule has 0 heterocycles. The first kappa shape index (κ1) is 14.7. The predicted molar refractivity (Wildman–Crippen MR) is 69.1 cm³/mol. The second-order valence-electron chi connectivity index (χ2n) is 5.12. The molecule has 0 spiro atoms. The number of carbonyl (C=O) groups is 1. The van der Waals surface area contributed by atoms with Crippen molar-refractivity contribution in [3.63, 3.8) is 0 Å². The Morgan fingerprint density at radius 1 is 1.11 bits per heavy atom. The van der Waals surface area contributed by atoms with Crippen LogP contribution in [0.3, 0.4) is 0 Å². The van der Waals surface area contributed by atoms with Crippen molar-refractivity contribution in [2.75, 3.05) is 0 Å². The summed E-state index contributed by atoms with van der Waals surface area (Å²) >= 11 is 0. The summed E-state index contributed by atoms with van der Waals surface area (Å²) in [4.78, 5) is 13.7. The summed E-state index contributed by atoms with van der Waals surface area (Å²) in [6.07, 6.45) is 0. The van der Waals surface area contributed by atoms with Gasteiger partial charge in [-0.2, -0.15) is 0 Å². The van der Waals surface area contributed by atoms with Crippen LogP contribution < -0.4 is 10.3 Å². The van der Waals surface area contributed by atoms with E-state index in [9.17, 15) is 13.2 Å². The average Bonchev–Trinajstić information content (AvgIpc) is 2.25. The van der Waals surface area contributed by atoms with Gasteiger partial charge in [0.05, 0.1) is 4.90 Å². The topological polar surface area (TPSA) is 75.3 Å². The van der Waals surface area contributed by atoms with Gasteiger partial charge in [0.2, 0.25) is 5.91 Å². The maximum Gasteiger partial charge on any atom is 0.257 e. The molecule has 0 aliphatic carbocycles. The van der Waals surface area contributed by atoms with Crippen LogP contribution in [0.5, 0.6) is 0 Å². The summed E-state index contributed by atoms with van der Waals surface area (Å²) in [5.74, 6) is -0.391. The summed E-state index contributed by atoms with van der Waals surface area (Å²) in [6.45, 7) is 6.96. The summed E-state index contributed by atoms with van der Waals surface area (Å²) < 4.78 is 23.7. The number of sulfonamides is 1. The molecule has 0 aliphatic heterocycles. The van der Waals surface area contributed by atoms with Gasteiger partial charge in [-0.15, -0.1) is 4.83 Å². The zero-order valence-corrected chi connectivity index (χ0v) is 11.8. The van der Waals surface area contributed by atoms with Gasteiger partial charge in [-0.25, -0.2) is 8.42 Å². The standard InChI is InChI=1S/C12H18N2O3S/c1-9-5-7-10(8-6-9)18(16,17)14-13-11(15)12(2,3)4/h5-8,14H,1-4H3,(H,13,15). The Morgan fingerprint density at radius 3 is 2.06 bits per heavy atom. The maximum absolute atomic E-state index is 11.8. The van der Waals surface area contributed by atoms with Crippen LogP contribution in [-0.4, -0.2) is 14.3 Å². The number of aryl methyl sites for hydroxylation is 1. The van der Waals surface area contributed by atoms with Crippen molar-refractivity contribution >= 4 is 15.9 Å².